The second-order valence-corrected chi connectivity index (χ2v) is 3.02. The van der Waals surface area contributed by atoms with Gasteiger partial charge in [-0.25, -0.2) is 4.79 Å². The number of carbonyl (C=O) groups excluding carboxylic acids is 1. The number of anilines is 2. The number of rotatable bonds is 2. The fraction of sp³-hybridized carbons (Fsp3) is 0.200. The summed E-state index contributed by atoms with van der Waals surface area (Å²) >= 11 is 0. The molecular weight excluding hydrogens is 194 g/mol. The Morgan fingerprint density at radius 2 is 2.20 bits per heavy atom. The van der Waals surface area contributed by atoms with Crippen molar-refractivity contribution in [2.24, 2.45) is 0 Å². The predicted octanol–water partition coefficient (Wildman–Crippen LogP) is 0.920. The molecule has 0 aromatic heterocycles. The quantitative estimate of drug-likeness (QED) is 0.552. The second kappa shape index (κ2) is 4.33. The van der Waals surface area contributed by atoms with Crippen molar-refractivity contribution in [3.63, 3.8) is 0 Å². The largest absolute Gasteiger partial charge is 0.444 e. The first-order valence-electron chi connectivity index (χ1n) is 4.30. The Balaban J connectivity index is 2.88. The number of carbonyl (C=O) groups is 1. The van der Waals surface area contributed by atoms with Crippen molar-refractivity contribution in [1.82, 2.24) is 0 Å². The summed E-state index contributed by atoms with van der Waals surface area (Å²) in [4.78, 5) is 11.5. The van der Waals surface area contributed by atoms with Crippen molar-refractivity contribution >= 4 is 17.3 Å². The van der Waals surface area contributed by atoms with Gasteiger partial charge in [0.2, 0.25) is 0 Å². The molecule has 5 nitrogen and oxygen atoms in total. The fourth-order valence-corrected chi connectivity index (χ4v) is 1.02. The van der Waals surface area contributed by atoms with Crippen LogP contribution in [0.1, 0.15) is 17.3 Å². The number of hydrogen-bond acceptors (Lipinski definition) is 5. The maximum atomic E-state index is 11.5. The molecule has 0 aliphatic carbocycles. The van der Waals surface area contributed by atoms with E-state index in [0.717, 1.165) is 0 Å². The molecule has 0 fully saturated rings. The molecule has 0 saturated carbocycles. The zero-order valence-corrected chi connectivity index (χ0v) is 8.23. The second-order valence-electron chi connectivity index (χ2n) is 3.02. The van der Waals surface area contributed by atoms with Gasteiger partial charge >= 0.3 is 5.97 Å². The van der Waals surface area contributed by atoms with Gasteiger partial charge in [-0.2, -0.15) is 5.26 Å². The van der Waals surface area contributed by atoms with Crippen molar-refractivity contribution in [2.45, 2.75) is 13.0 Å². The number of esters is 1. The lowest BCUT2D eigenvalue weighted by molar-refractivity contribution is 0.0437. The fourth-order valence-electron chi connectivity index (χ4n) is 1.02. The van der Waals surface area contributed by atoms with Crippen LogP contribution in [-0.2, 0) is 4.74 Å². The van der Waals surface area contributed by atoms with Gasteiger partial charge in [-0.05, 0) is 25.1 Å². The lowest BCUT2D eigenvalue weighted by atomic mass is 10.1. The van der Waals surface area contributed by atoms with Crippen LogP contribution in [-0.4, -0.2) is 12.1 Å². The normalized spacial score (nSPS) is 11.5. The molecule has 5 heteroatoms. The lowest BCUT2D eigenvalue weighted by Crippen LogP contribution is -2.14. The monoisotopic (exact) mass is 205 g/mol. The number of benzene rings is 1. The standard InChI is InChI=1S/C10H11N3O2/c1-6(5-11)15-10(14)8-3-2-7(12)4-9(8)13/h2-4,6H,12-13H2,1H3. The summed E-state index contributed by atoms with van der Waals surface area (Å²) in [6.07, 6.45) is -0.797. The third-order valence-electron chi connectivity index (χ3n) is 1.76. The van der Waals surface area contributed by atoms with Gasteiger partial charge in [0.1, 0.15) is 6.07 Å². The summed E-state index contributed by atoms with van der Waals surface area (Å²) in [5, 5.41) is 8.47. The minimum absolute atomic E-state index is 0.214. The van der Waals surface area contributed by atoms with Crippen LogP contribution < -0.4 is 11.5 Å². The molecule has 4 N–H and O–H groups in total. The first-order valence-corrected chi connectivity index (χ1v) is 4.30. The van der Waals surface area contributed by atoms with Crippen molar-refractivity contribution in [1.29, 1.82) is 5.26 Å². The highest BCUT2D eigenvalue weighted by Gasteiger charge is 2.14. The highest BCUT2D eigenvalue weighted by Crippen LogP contribution is 2.17. The highest BCUT2D eigenvalue weighted by molar-refractivity contribution is 5.95. The molecule has 15 heavy (non-hydrogen) atoms. The van der Waals surface area contributed by atoms with Crippen molar-refractivity contribution < 1.29 is 9.53 Å². The molecule has 0 bridgehead atoms. The van der Waals surface area contributed by atoms with Crippen LogP contribution in [0.4, 0.5) is 11.4 Å². The molecule has 0 amide bonds. The molecule has 0 saturated heterocycles. The summed E-state index contributed by atoms with van der Waals surface area (Å²) < 4.78 is 4.79. The smallest absolute Gasteiger partial charge is 0.341 e. The van der Waals surface area contributed by atoms with E-state index >= 15 is 0 Å². The summed E-state index contributed by atoms with van der Waals surface area (Å²) in [6.45, 7) is 1.48. The average molecular weight is 205 g/mol. The topological polar surface area (TPSA) is 102 Å². The van der Waals surface area contributed by atoms with Gasteiger partial charge in [-0.15, -0.1) is 0 Å². The number of nitrogens with zero attached hydrogens (tertiary/aromatic N) is 1. The van der Waals surface area contributed by atoms with Gasteiger partial charge in [0.05, 0.1) is 5.56 Å². The number of nitriles is 1. The average Bonchev–Trinajstić information content (AvgIpc) is 2.17. The summed E-state index contributed by atoms with van der Waals surface area (Å²) in [6, 6.07) is 6.27. The van der Waals surface area contributed by atoms with E-state index in [-0.39, 0.29) is 11.3 Å². The third kappa shape index (κ3) is 2.61. The molecule has 0 radical (unpaired) electrons. The zero-order valence-electron chi connectivity index (χ0n) is 8.23. The number of nitrogens with two attached hydrogens (primary N) is 2. The van der Waals surface area contributed by atoms with Crippen LogP contribution in [0.5, 0.6) is 0 Å². The third-order valence-corrected chi connectivity index (χ3v) is 1.76. The molecule has 1 unspecified atom stereocenters. The van der Waals surface area contributed by atoms with Crippen LogP contribution in [0.2, 0.25) is 0 Å². The van der Waals surface area contributed by atoms with Crippen LogP contribution in [0.25, 0.3) is 0 Å². The minimum atomic E-state index is -0.797. The van der Waals surface area contributed by atoms with Crippen LogP contribution >= 0.6 is 0 Å². The molecule has 1 aromatic carbocycles. The van der Waals surface area contributed by atoms with Crippen LogP contribution in [0.3, 0.4) is 0 Å². The molecule has 78 valence electrons. The predicted molar refractivity (Wildman–Crippen MR) is 55.8 cm³/mol. The van der Waals surface area contributed by atoms with Crippen molar-refractivity contribution in [3.8, 4) is 6.07 Å². The molecular formula is C10H11N3O2. The maximum absolute atomic E-state index is 11.5. The summed E-state index contributed by atoms with van der Waals surface area (Å²) in [7, 11) is 0. The van der Waals surface area contributed by atoms with E-state index in [0.29, 0.717) is 5.69 Å². The zero-order chi connectivity index (χ0) is 11.4. The van der Waals surface area contributed by atoms with Crippen LogP contribution in [0, 0.1) is 11.3 Å². The molecule has 0 spiro atoms. The van der Waals surface area contributed by atoms with E-state index in [1.807, 2.05) is 0 Å². The Kier molecular flexibility index (Phi) is 3.13. The summed E-state index contributed by atoms with van der Waals surface area (Å²) in [5.74, 6) is -0.624. The van der Waals surface area contributed by atoms with E-state index in [1.54, 1.807) is 12.1 Å². The molecule has 1 atom stereocenters. The Bertz CT molecular complexity index is 423. The lowest BCUT2D eigenvalue weighted by Gasteiger charge is -2.08. The number of hydrogen-bond donors (Lipinski definition) is 2. The first kappa shape index (κ1) is 10.9. The minimum Gasteiger partial charge on any atom is -0.444 e. The molecule has 0 aliphatic rings. The molecule has 1 aromatic rings. The van der Waals surface area contributed by atoms with Gasteiger partial charge in [0, 0.05) is 11.4 Å². The number of ether oxygens (including phenoxy) is 1. The Morgan fingerprint density at radius 1 is 1.53 bits per heavy atom. The van der Waals surface area contributed by atoms with E-state index in [4.69, 9.17) is 21.5 Å². The van der Waals surface area contributed by atoms with Crippen molar-refractivity contribution in [2.75, 3.05) is 11.5 Å². The summed E-state index contributed by atoms with van der Waals surface area (Å²) in [5.41, 5.74) is 12.0. The van der Waals surface area contributed by atoms with Gasteiger partial charge in [0.15, 0.2) is 6.10 Å². The van der Waals surface area contributed by atoms with E-state index in [2.05, 4.69) is 0 Å². The Labute approximate surface area is 87.2 Å². The Hall–Kier alpha value is -2.22. The van der Waals surface area contributed by atoms with E-state index < -0.39 is 12.1 Å². The van der Waals surface area contributed by atoms with Crippen LogP contribution in [0.15, 0.2) is 18.2 Å². The van der Waals surface area contributed by atoms with Gasteiger partial charge in [0.25, 0.3) is 0 Å². The van der Waals surface area contributed by atoms with Gasteiger partial charge < -0.3 is 16.2 Å². The Morgan fingerprint density at radius 3 is 2.73 bits per heavy atom. The molecule has 1 rings (SSSR count). The van der Waals surface area contributed by atoms with Crippen molar-refractivity contribution in [3.05, 3.63) is 23.8 Å². The van der Waals surface area contributed by atoms with Gasteiger partial charge in [-0.3, -0.25) is 0 Å². The molecule has 0 aliphatic heterocycles. The SMILES string of the molecule is CC(C#N)OC(=O)c1ccc(N)cc1N. The maximum Gasteiger partial charge on any atom is 0.341 e. The van der Waals surface area contributed by atoms with E-state index in [1.165, 1.54) is 19.1 Å². The van der Waals surface area contributed by atoms with E-state index in [9.17, 15) is 4.79 Å². The number of nitrogen functional groups attached to an aromatic ring is 2. The highest BCUT2D eigenvalue weighted by atomic mass is 16.5. The van der Waals surface area contributed by atoms with Gasteiger partial charge in [-0.1, -0.05) is 0 Å². The molecule has 0 heterocycles. The first-order chi connectivity index (χ1) is 7.04.